The second-order valence-corrected chi connectivity index (χ2v) is 6.37. The molecule has 0 unspecified atom stereocenters. The molecule has 140 valence electrons. The van der Waals surface area contributed by atoms with Crippen LogP contribution in [0.3, 0.4) is 0 Å². The number of aryl methyl sites for hydroxylation is 1. The number of rotatable bonds is 5. The van der Waals surface area contributed by atoms with Crippen molar-refractivity contribution in [2.45, 2.75) is 6.92 Å². The van der Waals surface area contributed by atoms with E-state index in [0.717, 1.165) is 11.3 Å². The van der Waals surface area contributed by atoms with Crippen molar-refractivity contribution in [3.8, 4) is 0 Å². The molecular weight excluding hydrogens is 344 g/mol. The van der Waals surface area contributed by atoms with Crippen molar-refractivity contribution in [2.75, 3.05) is 36.8 Å². The van der Waals surface area contributed by atoms with E-state index in [1.807, 2.05) is 37.3 Å². The van der Waals surface area contributed by atoms with Gasteiger partial charge in [-0.15, -0.1) is 0 Å². The van der Waals surface area contributed by atoms with E-state index in [0.29, 0.717) is 24.3 Å². The van der Waals surface area contributed by atoms with Gasteiger partial charge in [-0.1, -0.05) is 24.3 Å². The number of benzene rings is 2. The molecule has 0 spiro atoms. The second kappa shape index (κ2) is 8.35. The first-order chi connectivity index (χ1) is 13.0. The lowest BCUT2D eigenvalue weighted by atomic mass is 10.1. The Kier molecular flexibility index (Phi) is 5.71. The standard InChI is InChI=1S/C20H22N4O3/c1-14-7-8-16(23-20(27)15-5-3-2-4-6-15)11-17(14)22-12-19(26)24-10-9-21-18(25)13-24/h2-8,11,22H,9-10,12-13H2,1H3,(H,21,25)(H,23,27). The van der Waals surface area contributed by atoms with Crippen LogP contribution in [-0.4, -0.2) is 48.8 Å². The van der Waals surface area contributed by atoms with Gasteiger partial charge < -0.3 is 20.9 Å². The highest BCUT2D eigenvalue weighted by Crippen LogP contribution is 2.21. The number of anilines is 2. The molecule has 1 fully saturated rings. The zero-order valence-corrected chi connectivity index (χ0v) is 15.1. The molecule has 1 aliphatic rings. The summed E-state index contributed by atoms with van der Waals surface area (Å²) in [6.45, 7) is 3.09. The van der Waals surface area contributed by atoms with E-state index in [9.17, 15) is 14.4 Å². The summed E-state index contributed by atoms with van der Waals surface area (Å²) < 4.78 is 0. The molecule has 27 heavy (non-hydrogen) atoms. The number of hydrogen-bond donors (Lipinski definition) is 3. The molecule has 0 radical (unpaired) electrons. The zero-order chi connectivity index (χ0) is 19.2. The van der Waals surface area contributed by atoms with Crippen LogP contribution in [0.4, 0.5) is 11.4 Å². The third-order valence-corrected chi connectivity index (χ3v) is 4.35. The van der Waals surface area contributed by atoms with Crippen LogP contribution >= 0.6 is 0 Å². The molecule has 3 amide bonds. The molecule has 0 atom stereocenters. The summed E-state index contributed by atoms with van der Waals surface area (Å²) in [6, 6.07) is 14.5. The predicted molar refractivity (Wildman–Crippen MR) is 104 cm³/mol. The van der Waals surface area contributed by atoms with Crippen LogP contribution in [0.15, 0.2) is 48.5 Å². The summed E-state index contributed by atoms with van der Waals surface area (Å²) in [5.41, 5.74) is 2.93. The van der Waals surface area contributed by atoms with Gasteiger partial charge in [0.1, 0.15) is 0 Å². The van der Waals surface area contributed by atoms with E-state index < -0.39 is 0 Å². The summed E-state index contributed by atoms with van der Waals surface area (Å²) >= 11 is 0. The fraction of sp³-hybridized carbons (Fsp3) is 0.250. The van der Waals surface area contributed by atoms with Crippen molar-refractivity contribution in [1.82, 2.24) is 10.2 Å². The van der Waals surface area contributed by atoms with Crippen molar-refractivity contribution < 1.29 is 14.4 Å². The van der Waals surface area contributed by atoms with Crippen LogP contribution in [0.1, 0.15) is 15.9 Å². The topological polar surface area (TPSA) is 90.5 Å². The highest BCUT2D eigenvalue weighted by atomic mass is 16.2. The molecule has 0 saturated carbocycles. The predicted octanol–water partition coefficient (Wildman–Crippen LogP) is 1.62. The SMILES string of the molecule is Cc1ccc(NC(=O)c2ccccc2)cc1NCC(=O)N1CCNC(=O)C1. The van der Waals surface area contributed by atoms with Crippen LogP contribution in [0.25, 0.3) is 0 Å². The average Bonchev–Trinajstić information content (AvgIpc) is 2.68. The van der Waals surface area contributed by atoms with Gasteiger partial charge in [-0.25, -0.2) is 0 Å². The van der Waals surface area contributed by atoms with Gasteiger partial charge in [-0.2, -0.15) is 0 Å². The Labute approximate surface area is 157 Å². The van der Waals surface area contributed by atoms with Gasteiger partial charge in [-0.3, -0.25) is 14.4 Å². The second-order valence-electron chi connectivity index (χ2n) is 6.37. The Morgan fingerprint density at radius 2 is 1.93 bits per heavy atom. The number of amides is 3. The van der Waals surface area contributed by atoms with Crippen LogP contribution in [0.5, 0.6) is 0 Å². The summed E-state index contributed by atoms with van der Waals surface area (Å²) in [5.74, 6) is -0.472. The van der Waals surface area contributed by atoms with E-state index >= 15 is 0 Å². The van der Waals surface area contributed by atoms with E-state index in [2.05, 4.69) is 16.0 Å². The van der Waals surface area contributed by atoms with Gasteiger partial charge in [0.2, 0.25) is 11.8 Å². The largest absolute Gasteiger partial charge is 0.376 e. The van der Waals surface area contributed by atoms with E-state index in [1.54, 1.807) is 18.2 Å². The van der Waals surface area contributed by atoms with Gasteiger partial charge in [0.05, 0.1) is 13.1 Å². The lowest BCUT2D eigenvalue weighted by Gasteiger charge is -2.27. The van der Waals surface area contributed by atoms with Crippen LogP contribution in [0.2, 0.25) is 0 Å². The molecule has 2 aromatic rings. The van der Waals surface area contributed by atoms with Gasteiger partial charge in [-0.05, 0) is 36.8 Å². The minimum absolute atomic E-state index is 0.0875. The molecule has 0 aliphatic carbocycles. The normalized spacial score (nSPS) is 13.7. The van der Waals surface area contributed by atoms with Gasteiger partial charge in [0, 0.05) is 30.0 Å². The summed E-state index contributed by atoms with van der Waals surface area (Å²) in [5, 5.41) is 8.65. The molecule has 7 heteroatoms. The van der Waals surface area contributed by atoms with E-state index in [1.165, 1.54) is 4.90 Å². The Balaban J connectivity index is 1.62. The smallest absolute Gasteiger partial charge is 0.255 e. The van der Waals surface area contributed by atoms with E-state index in [4.69, 9.17) is 0 Å². The third-order valence-electron chi connectivity index (χ3n) is 4.35. The maximum Gasteiger partial charge on any atom is 0.255 e. The van der Waals surface area contributed by atoms with Crippen molar-refractivity contribution >= 4 is 29.1 Å². The van der Waals surface area contributed by atoms with Crippen molar-refractivity contribution in [3.05, 3.63) is 59.7 Å². The van der Waals surface area contributed by atoms with Crippen LogP contribution < -0.4 is 16.0 Å². The quantitative estimate of drug-likeness (QED) is 0.750. The number of carbonyl (C=O) groups is 3. The van der Waals surface area contributed by atoms with E-state index in [-0.39, 0.29) is 30.8 Å². The Morgan fingerprint density at radius 3 is 2.67 bits per heavy atom. The first kappa shape index (κ1) is 18.4. The molecule has 1 heterocycles. The Bertz CT molecular complexity index is 852. The van der Waals surface area contributed by atoms with Crippen molar-refractivity contribution in [3.63, 3.8) is 0 Å². The summed E-state index contributed by atoms with van der Waals surface area (Å²) in [6.07, 6.45) is 0. The molecule has 2 aromatic carbocycles. The monoisotopic (exact) mass is 366 g/mol. The fourth-order valence-corrected chi connectivity index (χ4v) is 2.82. The first-order valence-electron chi connectivity index (χ1n) is 8.78. The molecule has 3 rings (SSSR count). The molecule has 0 bridgehead atoms. The fourth-order valence-electron chi connectivity index (χ4n) is 2.82. The first-order valence-corrected chi connectivity index (χ1v) is 8.78. The lowest BCUT2D eigenvalue weighted by molar-refractivity contribution is -0.136. The summed E-state index contributed by atoms with van der Waals surface area (Å²) in [4.78, 5) is 37.5. The molecular formula is C20H22N4O3. The number of hydrogen-bond acceptors (Lipinski definition) is 4. The number of carbonyl (C=O) groups excluding carboxylic acids is 3. The molecule has 1 aliphatic heterocycles. The maximum atomic E-state index is 12.3. The lowest BCUT2D eigenvalue weighted by Crippen LogP contribution is -2.51. The van der Waals surface area contributed by atoms with Crippen LogP contribution in [-0.2, 0) is 9.59 Å². The Morgan fingerprint density at radius 1 is 1.15 bits per heavy atom. The van der Waals surface area contributed by atoms with Gasteiger partial charge >= 0.3 is 0 Å². The third kappa shape index (κ3) is 4.84. The van der Waals surface area contributed by atoms with Crippen molar-refractivity contribution in [2.24, 2.45) is 0 Å². The number of piperazine rings is 1. The zero-order valence-electron chi connectivity index (χ0n) is 15.1. The highest BCUT2D eigenvalue weighted by molar-refractivity contribution is 6.04. The minimum Gasteiger partial charge on any atom is -0.376 e. The highest BCUT2D eigenvalue weighted by Gasteiger charge is 2.20. The average molecular weight is 366 g/mol. The van der Waals surface area contributed by atoms with Gasteiger partial charge in [0.15, 0.2) is 0 Å². The van der Waals surface area contributed by atoms with Crippen LogP contribution in [0, 0.1) is 6.92 Å². The molecule has 3 N–H and O–H groups in total. The maximum absolute atomic E-state index is 12.3. The van der Waals surface area contributed by atoms with Crippen molar-refractivity contribution in [1.29, 1.82) is 0 Å². The minimum atomic E-state index is -0.194. The number of nitrogens with one attached hydrogen (secondary N) is 3. The Hall–Kier alpha value is -3.35. The molecule has 0 aromatic heterocycles. The summed E-state index contributed by atoms with van der Waals surface area (Å²) in [7, 11) is 0. The number of nitrogens with zero attached hydrogens (tertiary/aromatic N) is 1. The molecule has 7 nitrogen and oxygen atoms in total. The molecule has 1 saturated heterocycles. The van der Waals surface area contributed by atoms with Gasteiger partial charge in [0.25, 0.3) is 5.91 Å².